The predicted octanol–water partition coefficient (Wildman–Crippen LogP) is 3.29. The van der Waals surface area contributed by atoms with Gasteiger partial charge in [0.15, 0.2) is 0 Å². The highest BCUT2D eigenvalue weighted by Gasteiger charge is 2.39. The zero-order valence-corrected chi connectivity index (χ0v) is 12.8. The van der Waals surface area contributed by atoms with Crippen LogP contribution < -0.4 is 5.32 Å². The van der Waals surface area contributed by atoms with E-state index in [-0.39, 0.29) is 12.2 Å². The molecule has 1 N–H and O–H groups in total. The molecule has 1 aliphatic heterocycles. The summed E-state index contributed by atoms with van der Waals surface area (Å²) >= 11 is 0. The summed E-state index contributed by atoms with van der Waals surface area (Å²) in [6, 6.07) is 0.558. The van der Waals surface area contributed by atoms with E-state index >= 15 is 0 Å². The molecule has 4 unspecified atom stereocenters. The first-order valence-corrected chi connectivity index (χ1v) is 8.21. The van der Waals surface area contributed by atoms with Gasteiger partial charge >= 0.3 is 0 Å². The first-order chi connectivity index (χ1) is 9.13. The van der Waals surface area contributed by atoms with E-state index in [1.165, 1.54) is 38.5 Å². The molecule has 0 aromatic rings. The summed E-state index contributed by atoms with van der Waals surface area (Å²) in [5.74, 6) is 1.20. The molecule has 1 heterocycles. The van der Waals surface area contributed by atoms with E-state index in [0.717, 1.165) is 18.8 Å². The summed E-state index contributed by atoms with van der Waals surface area (Å²) in [6.07, 6.45) is 9.82. The van der Waals surface area contributed by atoms with E-state index in [2.05, 4.69) is 31.0 Å². The Morgan fingerprint density at radius 2 is 2.00 bits per heavy atom. The van der Waals surface area contributed by atoms with Crippen LogP contribution in [0.2, 0.25) is 0 Å². The van der Waals surface area contributed by atoms with Gasteiger partial charge in [-0.15, -0.1) is 0 Å². The molecule has 0 aromatic carbocycles. The van der Waals surface area contributed by atoms with E-state index in [0.29, 0.717) is 11.9 Å². The Morgan fingerprint density at radius 1 is 1.21 bits per heavy atom. The SMILES string of the molecule is CCCCC1NC(C)N(C2CCCC(C)CC2)C1=O. The lowest BCUT2D eigenvalue weighted by Gasteiger charge is -2.30. The van der Waals surface area contributed by atoms with Crippen molar-refractivity contribution in [1.82, 2.24) is 10.2 Å². The molecule has 1 amide bonds. The summed E-state index contributed by atoms with van der Waals surface area (Å²) in [7, 11) is 0. The Balaban J connectivity index is 1.97. The number of carbonyl (C=O) groups is 1. The highest BCUT2D eigenvalue weighted by molar-refractivity contribution is 5.84. The molecule has 3 nitrogen and oxygen atoms in total. The van der Waals surface area contributed by atoms with Crippen molar-refractivity contribution < 1.29 is 4.79 Å². The molecule has 2 rings (SSSR count). The van der Waals surface area contributed by atoms with Gasteiger partial charge in [-0.05, 0) is 38.5 Å². The van der Waals surface area contributed by atoms with E-state index in [9.17, 15) is 4.79 Å². The van der Waals surface area contributed by atoms with Crippen LogP contribution in [-0.4, -0.2) is 29.1 Å². The third-order valence-electron chi connectivity index (χ3n) is 4.88. The maximum atomic E-state index is 12.6. The number of nitrogens with one attached hydrogen (secondary N) is 1. The number of hydrogen-bond donors (Lipinski definition) is 1. The summed E-state index contributed by atoms with van der Waals surface area (Å²) < 4.78 is 0. The zero-order valence-electron chi connectivity index (χ0n) is 12.8. The minimum Gasteiger partial charge on any atom is -0.323 e. The molecule has 1 saturated carbocycles. The van der Waals surface area contributed by atoms with Crippen molar-refractivity contribution in [2.75, 3.05) is 0 Å². The van der Waals surface area contributed by atoms with Gasteiger partial charge in [0, 0.05) is 6.04 Å². The first kappa shape index (κ1) is 14.8. The van der Waals surface area contributed by atoms with Gasteiger partial charge in [0.2, 0.25) is 5.91 Å². The highest BCUT2D eigenvalue weighted by atomic mass is 16.2. The molecule has 0 aromatic heterocycles. The Labute approximate surface area is 118 Å². The van der Waals surface area contributed by atoms with Crippen molar-refractivity contribution in [3.05, 3.63) is 0 Å². The summed E-state index contributed by atoms with van der Waals surface area (Å²) in [6.45, 7) is 6.69. The van der Waals surface area contributed by atoms with Crippen LogP contribution >= 0.6 is 0 Å². The molecule has 0 spiro atoms. The number of unbranched alkanes of at least 4 members (excludes halogenated alkanes) is 1. The second-order valence-electron chi connectivity index (χ2n) is 6.55. The Morgan fingerprint density at radius 3 is 2.74 bits per heavy atom. The molecule has 1 saturated heterocycles. The van der Waals surface area contributed by atoms with Crippen molar-refractivity contribution >= 4 is 5.91 Å². The monoisotopic (exact) mass is 266 g/mol. The average Bonchev–Trinajstić information content (AvgIpc) is 2.54. The van der Waals surface area contributed by atoms with Gasteiger partial charge in [-0.25, -0.2) is 0 Å². The second kappa shape index (κ2) is 6.74. The fourth-order valence-electron chi connectivity index (χ4n) is 3.67. The van der Waals surface area contributed by atoms with Gasteiger partial charge in [0.05, 0.1) is 12.2 Å². The molecule has 1 aliphatic carbocycles. The molecule has 19 heavy (non-hydrogen) atoms. The standard InChI is InChI=1S/C16H30N2O/c1-4-5-9-15-16(19)18(13(3)17-15)14-8-6-7-12(2)10-11-14/h12-15,17H,4-11H2,1-3H3. The van der Waals surface area contributed by atoms with Crippen LogP contribution in [-0.2, 0) is 4.79 Å². The zero-order chi connectivity index (χ0) is 13.8. The van der Waals surface area contributed by atoms with Crippen LogP contribution in [0, 0.1) is 5.92 Å². The number of rotatable bonds is 4. The van der Waals surface area contributed by atoms with Gasteiger partial charge in [0.1, 0.15) is 0 Å². The summed E-state index contributed by atoms with van der Waals surface area (Å²) in [5.41, 5.74) is 0. The Kier molecular flexibility index (Phi) is 5.26. The predicted molar refractivity (Wildman–Crippen MR) is 78.8 cm³/mol. The third kappa shape index (κ3) is 3.50. The molecular formula is C16H30N2O. The van der Waals surface area contributed by atoms with Crippen molar-refractivity contribution in [3.8, 4) is 0 Å². The highest BCUT2D eigenvalue weighted by Crippen LogP contribution is 2.29. The number of hydrogen-bond acceptors (Lipinski definition) is 2. The molecule has 0 radical (unpaired) electrons. The fraction of sp³-hybridized carbons (Fsp3) is 0.938. The third-order valence-corrected chi connectivity index (χ3v) is 4.88. The van der Waals surface area contributed by atoms with E-state index < -0.39 is 0 Å². The first-order valence-electron chi connectivity index (χ1n) is 8.21. The van der Waals surface area contributed by atoms with Crippen LogP contribution in [0.1, 0.15) is 72.1 Å². The van der Waals surface area contributed by atoms with Gasteiger partial charge in [-0.3, -0.25) is 10.1 Å². The Bertz CT molecular complexity index is 305. The minimum absolute atomic E-state index is 0.0793. The summed E-state index contributed by atoms with van der Waals surface area (Å²) in [4.78, 5) is 14.7. The number of carbonyl (C=O) groups excluding carboxylic acids is 1. The largest absolute Gasteiger partial charge is 0.323 e. The molecule has 2 fully saturated rings. The maximum Gasteiger partial charge on any atom is 0.241 e. The van der Waals surface area contributed by atoms with Crippen LogP contribution in [0.25, 0.3) is 0 Å². The van der Waals surface area contributed by atoms with Crippen molar-refractivity contribution in [2.45, 2.75) is 90.4 Å². The molecule has 110 valence electrons. The summed E-state index contributed by atoms with van der Waals surface area (Å²) in [5, 5.41) is 3.49. The van der Waals surface area contributed by atoms with Crippen molar-refractivity contribution in [2.24, 2.45) is 5.92 Å². The smallest absolute Gasteiger partial charge is 0.241 e. The Hall–Kier alpha value is -0.570. The van der Waals surface area contributed by atoms with Gasteiger partial charge < -0.3 is 4.90 Å². The van der Waals surface area contributed by atoms with Crippen molar-refractivity contribution in [1.29, 1.82) is 0 Å². The van der Waals surface area contributed by atoms with Gasteiger partial charge in [-0.1, -0.05) is 39.5 Å². The van der Waals surface area contributed by atoms with E-state index in [4.69, 9.17) is 0 Å². The van der Waals surface area contributed by atoms with Crippen molar-refractivity contribution in [3.63, 3.8) is 0 Å². The van der Waals surface area contributed by atoms with E-state index in [1.807, 2.05) is 0 Å². The molecule has 3 heteroatoms. The van der Waals surface area contributed by atoms with Crippen LogP contribution in [0.3, 0.4) is 0 Å². The van der Waals surface area contributed by atoms with E-state index in [1.54, 1.807) is 0 Å². The topological polar surface area (TPSA) is 32.3 Å². The molecule has 0 bridgehead atoms. The fourth-order valence-corrected chi connectivity index (χ4v) is 3.67. The average molecular weight is 266 g/mol. The molecule has 4 atom stereocenters. The quantitative estimate of drug-likeness (QED) is 0.792. The lowest BCUT2D eigenvalue weighted by Crippen LogP contribution is -2.42. The number of amides is 1. The lowest BCUT2D eigenvalue weighted by atomic mass is 10.0. The van der Waals surface area contributed by atoms with Crippen LogP contribution in [0.4, 0.5) is 0 Å². The van der Waals surface area contributed by atoms with Crippen LogP contribution in [0.5, 0.6) is 0 Å². The second-order valence-corrected chi connectivity index (χ2v) is 6.55. The van der Waals surface area contributed by atoms with Gasteiger partial charge in [0.25, 0.3) is 0 Å². The normalized spacial score (nSPS) is 36.6. The minimum atomic E-state index is 0.0793. The number of nitrogens with zero attached hydrogens (tertiary/aromatic N) is 1. The lowest BCUT2D eigenvalue weighted by molar-refractivity contribution is -0.132. The maximum absolute atomic E-state index is 12.6. The molecular weight excluding hydrogens is 236 g/mol. The molecule has 2 aliphatic rings. The van der Waals surface area contributed by atoms with Gasteiger partial charge in [-0.2, -0.15) is 0 Å². The van der Waals surface area contributed by atoms with Crippen LogP contribution in [0.15, 0.2) is 0 Å².